The lowest BCUT2D eigenvalue weighted by Gasteiger charge is -2.24. The summed E-state index contributed by atoms with van der Waals surface area (Å²) in [4.78, 5) is 3.50. The minimum atomic E-state index is -3.23. The second kappa shape index (κ2) is 3.02. The van der Waals surface area contributed by atoms with Crippen LogP contribution in [0.3, 0.4) is 0 Å². The lowest BCUT2D eigenvalue weighted by atomic mass is 9.71. The van der Waals surface area contributed by atoms with Crippen molar-refractivity contribution in [2.24, 2.45) is 0 Å². The average Bonchev–Trinajstić information content (AvgIpc) is 2.06. The summed E-state index contributed by atoms with van der Waals surface area (Å²) in [6.07, 6.45) is 0. The highest BCUT2D eigenvalue weighted by atomic mass is 17.1. The molecule has 60 valence electrons. The van der Waals surface area contributed by atoms with E-state index in [0.29, 0.717) is 0 Å². The molecule has 4 nitrogen and oxygen atoms in total. The summed E-state index contributed by atoms with van der Waals surface area (Å²) in [6.45, 7) is -3.23. The number of rotatable bonds is 2. The molecule has 0 unspecified atom stereocenters. The first kappa shape index (κ1) is 8.22. The Bertz CT molecular complexity index is 223. The molecule has 1 aromatic carbocycles. The van der Waals surface area contributed by atoms with Gasteiger partial charge in [0.15, 0.2) is 0 Å². The highest BCUT2D eigenvalue weighted by Gasteiger charge is 2.22. The van der Waals surface area contributed by atoms with Gasteiger partial charge in [-0.25, -0.2) is 0 Å². The van der Waals surface area contributed by atoms with Gasteiger partial charge in [-0.15, -0.1) is 5.46 Å². The molecule has 5 heteroatoms. The van der Waals surface area contributed by atoms with Crippen LogP contribution in [0.5, 0.6) is 0 Å². The second-order valence-corrected chi connectivity index (χ2v) is 2.22. The molecule has 3 N–H and O–H groups in total. The zero-order valence-corrected chi connectivity index (χ0v) is 5.71. The molecule has 0 aliphatic carbocycles. The molecular weight excluding hydrogens is 147 g/mol. The Morgan fingerprint density at radius 3 is 2.09 bits per heavy atom. The van der Waals surface area contributed by atoms with E-state index in [0.717, 1.165) is 0 Å². The molecule has 0 bridgehead atoms. The van der Waals surface area contributed by atoms with Gasteiger partial charge in [0.1, 0.15) is 0 Å². The largest absolute Gasteiger partial charge is 0.554 e. The van der Waals surface area contributed by atoms with E-state index in [1.54, 1.807) is 18.2 Å². The summed E-state index contributed by atoms with van der Waals surface area (Å²) >= 11 is 0. The lowest BCUT2D eigenvalue weighted by molar-refractivity contribution is -0.181. The van der Waals surface area contributed by atoms with Gasteiger partial charge in [0.25, 0.3) is 0 Å². The Labute approximate surface area is 63.6 Å². The van der Waals surface area contributed by atoms with Crippen LogP contribution in [0.4, 0.5) is 0 Å². The zero-order valence-electron chi connectivity index (χ0n) is 5.71. The van der Waals surface area contributed by atoms with Gasteiger partial charge >= 0.3 is 6.75 Å². The van der Waals surface area contributed by atoms with Crippen LogP contribution in [-0.2, 0) is 4.81 Å². The van der Waals surface area contributed by atoms with Crippen LogP contribution in [0.25, 0.3) is 0 Å². The fourth-order valence-corrected chi connectivity index (χ4v) is 0.765. The predicted octanol–water partition coefficient (Wildman–Crippen LogP) is -0.693. The Kier molecular flexibility index (Phi) is 2.26. The Morgan fingerprint density at radius 1 is 1.09 bits per heavy atom. The van der Waals surface area contributed by atoms with Gasteiger partial charge in [-0.1, -0.05) is 30.3 Å². The quantitative estimate of drug-likeness (QED) is 0.300. The van der Waals surface area contributed by atoms with E-state index in [1.165, 1.54) is 12.1 Å². The topological polar surface area (TPSA) is 69.9 Å². The van der Waals surface area contributed by atoms with Crippen molar-refractivity contribution in [3.8, 4) is 0 Å². The first-order valence-electron chi connectivity index (χ1n) is 3.13. The maximum atomic E-state index is 8.94. The normalized spacial score (nSPS) is 11.5. The van der Waals surface area contributed by atoms with Crippen LogP contribution in [0.2, 0.25) is 0 Å². The van der Waals surface area contributed by atoms with Crippen LogP contribution in [0.15, 0.2) is 30.3 Å². The molecule has 0 radical (unpaired) electrons. The molecule has 0 spiro atoms. The summed E-state index contributed by atoms with van der Waals surface area (Å²) in [7, 11) is 0. The molecule has 0 aromatic heterocycles. The monoisotopic (exact) mass is 155 g/mol. The molecule has 0 saturated carbocycles. The van der Waals surface area contributed by atoms with Gasteiger partial charge in [-0.3, -0.25) is 5.26 Å². The smallest absolute Gasteiger partial charge is 0.430 e. The van der Waals surface area contributed by atoms with Crippen LogP contribution >= 0.6 is 0 Å². The molecule has 0 fully saturated rings. The number of hydrogen-bond donors (Lipinski definition) is 3. The maximum Gasteiger partial charge on any atom is 0.430 e. The minimum absolute atomic E-state index is 0.134. The maximum absolute atomic E-state index is 8.94. The third-order valence-electron chi connectivity index (χ3n) is 1.38. The average molecular weight is 155 g/mol. The number of benzene rings is 1. The first-order chi connectivity index (χ1) is 5.17. The molecule has 0 aliphatic rings. The summed E-state index contributed by atoms with van der Waals surface area (Å²) in [5.74, 6) is 0. The molecular formula is C6H8BO4-. The van der Waals surface area contributed by atoms with Gasteiger partial charge in [0.2, 0.25) is 0 Å². The Hall–Kier alpha value is -0.875. The molecule has 0 atom stereocenters. The second-order valence-electron chi connectivity index (χ2n) is 2.22. The van der Waals surface area contributed by atoms with E-state index in [2.05, 4.69) is 4.81 Å². The summed E-state index contributed by atoms with van der Waals surface area (Å²) in [5, 5.41) is 26.0. The van der Waals surface area contributed by atoms with Crippen molar-refractivity contribution in [3.63, 3.8) is 0 Å². The summed E-state index contributed by atoms with van der Waals surface area (Å²) in [5.41, 5.74) is 0.134. The van der Waals surface area contributed by atoms with Crippen molar-refractivity contribution < 1.29 is 20.1 Å². The van der Waals surface area contributed by atoms with Crippen LogP contribution in [0, 0.1) is 0 Å². The summed E-state index contributed by atoms with van der Waals surface area (Å²) < 4.78 is 0. The highest BCUT2D eigenvalue weighted by molar-refractivity contribution is 6.72. The zero-order chi connectivity index (χ0) is 8.32. The number of hydrogen-bond acceptors (Lipinski definition) is 4. The molecule has 1 aromatic rings. The fourth-order valence-electron chi connectivity index (χ4n) is 0.765. The van der Waals surface area contributed by atoms with Crippen LogP contribution in [0.1, 0.15) is 0 Å². The Balaban J connectivity index is 2.93. The molecule has 0 amide bonds. The molecule has 0 aliphatic heterocycles. The van der Waals surface area contributed by atoms with Crippen LogP contribution < -0.4 is 5.46 Å². The fraction of sp³-hybridized carbons (Fsp3) is 0. The van der Waals surface area contributed by atoms with E-state index < -0.39 is 6.75 Å². The lowest BCUT2D eigenvalue weighted by Crippen LogP contribution is -2.50. The Morgan fingerprint density at radius 2 is 1.64 bits per heavy atom. The van der Waals surface area contributed by atoms with Gasteiger partial charge in [0.05, 0.1) is 0 Å². The van der Waals surface area contributed by atoms with E-state index in [-0.39, 0.29) is 5.46 Å². The van der Waals surface area contributed by atoms with Crippen molar-refractivity contribution in [2.45, 2.75) is 0 Å². The van der Waals surface area contributed by atoms with E-state index >= 15 is 0 Å². The van der Waals surface area contributed by atoms with Gasteiger partial charge in [0, 0.05) is 0 Å². The minimum Gasteiger partial charge on any atom is -0.554 e. The van der Waals surface area contributed by atoms with Crippen molar-refractivity contribution in [3.05, 3.63) is 30.3 Å². The third kappa shape index (κ3) is 1.78. The van der Waals surface area contributed by atoms with E-state index in [1.807, 2.05) is 0 Å². The van der Waals surface area contributed by atoms with E-state index in [4.69, 9.17) is 15.3 Å². The van der Waals surface area contributed by atoms with Crippen molar-refractivity contribution >= 4 is 12.2 Å². The predicted molar refractivity (Wildman–Crippen MR) is 40.0 cm³/mol. The molecule has 11 heavy (non-hydrogen) atoms. The van der Waals surface area contributed by atoms with Crippen molar-refractivity contribution in [1.82, 2.24) is 0 Å². The molecule has 1 rings (SSSR count). The standard InChI is InChI=1S/C6H8BO4/c8-7(9,11-10)6-4-2-1-3-5-6/h1-5,8-10H/q-1. The van der Waals surface area contributed by atoms with E-state index in [9.17, 15) is 0 Å². The summed E-state index contributed by atoms with van der Waals surface area (Å²) in [6, 6.07) is 7.81. The van der Waals surface area contributed by atoms with Gasteiger partial charge < -0.3 is 14.9 Å². The first-order valence-corrected chi connectivity index (χ1v) is 3.13. The van der Waals surface area contributed by atoms with Crippen molar-refractivity contribution in [1.29, 1.82) is 0 Å². The van der Waals surface area contributed by atoms with Crippen molar-refractivity contribution in [2.75, 3.05) is 0 Å². The van der Waals surface area contributed by atoms with Crippen LogP contribution in [-0.4, -0.2) is 22.1 Å². The molecule has 0 heterocycles. The van der Waals surface area contributed by atoms with Gasteiger partial charge in [-0.2, -0.15) is 0 Å². The highest BCUT2D eigenvalue weighted by Crippen LogP contribution is 1.94. The third-order valence-corrected chi connectivity index (χ3v) is 1.38. The SMILES string of the molecule is OO[B-](O)(O)c1ccccc1. The molecule has 0 saturated heterocycles. The van der Waals surface area contributed by atoms with Gasteiger partial charge in [-0.05, 0) is 0 Å².